The van der Waals surface area contributed by atoms with Gasteiger partial charge in [-0.15, -0.1) is 0 Å². The number of ether oxygens (including phenoxy) is 1. The number of rotatable bonds is 7. The molecule has 0 bridgehead atoms. The number of amides is 2. The number of hydrogen-bond donors (Lipinski definition) is 0. The zero-order valence-electron chi connectivity index (χ0n) is 17.6. The average Bonchev–Trinajstić information content (AvgIpc) is 3.40. The molecule has 1 fully saturated rings. The van der Waals surface area contributed by atoms with E-state index in [1.54, 1.807) is 48.5 Å². The molecule has 2 amide bonds. The van der Waals surface area contributed by atoms with E-state index in [-0.39, 0.29) is 17.9 Å². The van der Waals surface area contributed by atoms with Crippen LogP contribution in [0.1, 0.15) is 17.7 Å². The van der Waals surface area contributed by atoms with Crippen LogP contribution < -0.4 is 9.64 Å². The molecule has 3 aromatic rings. The van der Waals surface area contributed by atoms with Gasteiger partial charge in [0.15, 0.2) is 0 Å². The highest BCUT2D eigenvalue weighted by Gasteiger charge is 2.47. The lowest BCUT2D eigenvalue weighted by atomic mass is 10.2. The van der Waals surface area contributed by atoms with E-state index >= 15 is 0 Å². The van der Waals surface area contributed by atoms with E-state index in [2.05, 4.69) is 0 Å². The summed E-state index contributed by atoms with van der Waals surface area (Å²) in [5, 5.41) is 0. The van der Waals surface area contributed by atoms with Gasteiger partial charge < -0.3 is 9.15 Å². The summed E-state index contributed by atoms with van der Waals surface area (Å²) < 4.78 is 38.5. The van der Waals surface area contributed by atoms with Crippen LogP contribution >= 0.6 is 0 Å². The molecule has 0 radical (unpaired) electrons. The molecule has 0 saturated carbocycles. The minimum Gasteiger partial charge on any atom is -0.497 e. The smallest absolute Gasteiger partial charge is 0.252 e. The van der Waals surface area contributed by atoms with Crippen LogP contribution in [0.2, 0.25) is 0 Å². The minimum absolute atomic E-state index is 0.0396. The molecule has 1 atom stereocenters. The number of imide groups is 1. The van der Waals surface area contributed by atoms with Gasteiger partial charge in [0.25, 0.3) is 5.91 Å². The average molecular weight is 455 g/mol. The quantitative estimate of drug-likeness (QED) is 0.509. The molecule has 1 unspecified atom stereocenters. The summed E-state index contributed by atoms with van der Waals surface area (Å²) in [5.74, 6) is -0.147. The number of furan rings is 1. The molecule has 2 heterocycles. The summed E-state index contributed by atoms with van der Waals surface area (Å²) in [7, 11) is -2.58. The number of carbonyl (C=O) groups is 2. The zero-order chi connectivity index (χ0) is 22.9. The van der Waals surface area contributed by atoms with Gasteiger partial charge in [-0.25, -0.2) is 13.3 Å². The molecule has 0 N–H and O–H groups in total. The number of anilines is 1. The number of carbonyl (C=O) groups excluding carboxylic acids is 2. The standard InChI is InChI=1S/C23H22N2O6S/c1-16-5-11-20(12-6-16)32(28,29)24(15-19-4-3-13-31-19)21-14-22(26)25(23(21)27)17-7-9-18(30-2)10-8-17/h3-13,21H,14-15H2,1-2H3. The Morgan fingerprint density at radius 3 is 2.34 bits per heavy atom. The van der Waals surface area contributed by atoms with Crippen LogP contribution in [0.5, 0.6) is 5.75 Å². The molecule has 1 aliphatic heterocycles. The second-order valence-electron chi connectivity index (χ2n) is 7.43. The maximum atomic E-state index is 13.5. The molecule has 4 rings (SSSR count). The molecule has 0 aliphatic carbocycles. The predicted octanol–water partition coefficient (Wildman–Crippen LogP) is 3.12. The molecular formula is C23H22N2O6S. The maximum Gasteiger partial charge on any atom is 0.252 e. The van der Waals surface area contributed by atoms with Gasteiger partial charge >= 0.3 is 0 Å². The number of sulfonamides is 1. The lowest BCUT2D eigenvalue weighted by molar-refractivity contribution is -0.122. The van der Waals surface area contributed by atoms with Crippen molar-refractivity contribution in [2.75, 3.05) is 12.0 Å². The number of benzene rings is 2. The summed E-state index contributed by atoms with van der Waals surface area (Å²) in [5.41, 5.74) is 1.26. The predicted molar refractivity (Wildman–Crippen MR) is 117 cm³/mol. The number of aryl methyl sites for hydroxylation is 1. The van der Waals surface area contributed by atoms with Crippen LogP contribution in [0.4, 0.5) is 5.69 Å². The lowest BCUT2D eigenvalue weighted by Gasteiger charge is -2.26. The van der Waals surface area contributed by atoms with Gasteiger partial charge in [-0.05, 0) is 55.5 Å². The van der Waals surface area contributed by atoms with Crippen LogP contribution in [-0.4, -0.2) is 37.7 Å². The first-order valence-electron chi connectivity index (χ1n) is 9.93. The van der Waals surface area contributed by atoms with Gasteiger partial charge in [0.2, 0.25) is 15.9 Å². The highest BCUT2D eigenvalue weighted by molar-refractivity contribution is 7.89. The third-order valence-electron chi connectivity index (χ3n) is 5.32. The largest absolute Gasteiger partial charge is 0.497 e. The SMILES string of the molecule is COc1ccc(N2C(=O)CC(N(Cc3ccco3)S(=O)(=O)c3ccc(C)cc3)C2=O)cc1. The van der Waals surface area contributed by atoms with Crippen molar-refractivity contribution < 1.29 is 27.2 Å². The van der Waals surface area contributed by atoms with Crippen molar-refractivity contribution in [1.82, 2.24) is 4.31 Å². The maximum absolute atomic E-state index is 13.5. The van der Waals surface area contributed by atoms with Gasteiger partial charge in [-0.1, -0.05) is 17.7 Å². The Kier molecular flexibility index (Phi) is 5.86. The molecule has 1 saturated heterocycles. The first-order chi connectivity index (χ1) is 15.3. The van der Waals surface area contributed by atoms with Crippen molar-refractivity contribution in [3.05, 3.63) is 78.3 Å². The molecule has 0 spiro atoms. The fourth-order valence-electron chi connectivity index (χ4n) is 3.61. The Morgan fingerprint density at radius 2 is 1.75 bits per heavy atom. The van der Waals surface area contributed by atoms with E-state index in [0.717, 1.165) is 14.8 Å². The first-order valence-corrected chi connectivity index (χ1v) is 11.4. The number of hydrogen-bond acceptors (Lipinski definition) is 6. The molecule has 8 nitrogen and oxygen atoms in total. The summed E-state index contributed by atoms with van der Waals surface area (Å²) in [6.45, 7) is 1.67. The Balaban J connectivity index is 1.71. The van der Waals surface area contributed by atoms with Crippen molar-refractivity contribution in [3.8, 4) is 5.75 Å². The number of methoxy groups -OCH3 is 1. The van der Waals surface area contributed by atoms with Crippen LogP contribution in [0.3, 0.4) is 0 Å². The van der Waals surface area contributed by atoms with Crippen LogP contribution in [0, 0.1) is 6.92 Å². The molecule has 1 aliphatic rings. The Bertz CT molecular complexity index is 1220. The molecule has 1 aromatic heterocycles. The topological polar surface area (TPSA) is 97.1 Å². The third-order valence-corrected chi connectivity index (χ3v) is 7.19. The minimum atomic E-state index is -4.10. The lowest BCUT2D eigenvalue weighted by Crippen LogP contribution is -2.45. The van der Waals surface area contributed by atoms with Crippen LogP contribution in [-0.2, 0) is 26.2 Å². The van der Waals surface area contributed by atoms with E-state index in [9.17, 15) is 18.0 Å². The molecular weight excluding hydrogens is 432 g/mol. The Labute approximate surface area is 186 Å². The summed E-state index contributed by atoms with van der Waals surface area (Å²) in [4.78, 5) is 27.2. The highest BCUT2D eigenvalue weighted by Crippen LogP contribution is 2.31. The van der Waals surface area contributed by atoms with Gasteiger partial charge in [0.05, 0.1) is 36.9 Å². The second kappa shape index (κ2) is 8.60. The Morgan fingerprint density at radius 1 is 1.06 bits per heavy atom. The van der Waals surface area contributed by atoms with E-state index in [1.807, 2.05) is 6.92 Å². The summed E-state index contributed by atoms with van der Waals surface area (Å²) in [6, 6.07) is 14.8. The number of nitrogens with zero attached hydrogens (tertiary/aromatic N) is 2. The molecule has 32 heavy (non-hydrogen) atoms. The first kappa shape index (κ1) is 21.8. The van der Waals surface area contributed by atoms with Crippen molar-refractivity contribution in [2.24, 2.45) is 0 Å². The van der Waals surface area contributed by atoms with E-state index in [0.29, 0.717) is 17.2 Å². The molecule has 2 aromatic carbocycles. The normalized spacial score (nSPS) is 16.7. The van der Waals surface area contributed by atoms with Crippen molar-refractivity contribution >= 4 is 27.5 Å². The van der Waals surface area contributed by atoms with Gasteiger partial charge in [0, 0.05) is 0 Å². The Hall–Kier alpha value is -3.43. The highest BCUT2D eigenvalue weighted by atomic mass is 32.2. The zero-order valence-corrected chi connectivity index (χ0v) is 18.4. The van der Waals surface area contributed by atoms with E-state index in [1.165, 1.54) is 25.5 Å². The van der Waals surface area contributed by atoms with E-state index < -0.39 is 27.9 Å². The van der Waals surface area contributed by atoms with Crippen molar-refractivity contribution in [1.29, 1.82) is 0 Å². The fourth-order valence-corrected chi connectivity index (χ4v) is 5.16. The summed E-state index contributed by atoms with van der Waals surface area (Å²) in [6.07, 6.45) is 1.16. The van der Waals surface area contributed by atoms with Crippen molar-refractivity contribution in [2.45, 2.75) is 30.8 Å². The molecule has 9 heteroatoms. The van der Waals surface area contributed by atoms with Crippen LogP contribution in [0.15, 0.2) is 76.2 Å². The second-order valence-corrected chi connectivity index (χ2v) is 9.32. The molecule has 166 valence electrons. The van der Waals surface area contributed by atoms with Gasteiger partial charge in [0.1, 0.15) is 17.6 Å². The fraction of sp³-hybridized carbons (Fsp3) is 0.217. The third kappa shape index (κ3) is 4.04. The van der Waals surface area contributed by atoms with Gasteiger partial charge in [-0.2, -0.15) is 4.31 Å². The van der Waals surface area contributed by atoms with Crippen molar-refractivity contribution in [3.63, 3.8) is 0 Å². The monoisotopic (exact) mass is 454 g/mol. The van der Waals surface area contributed by atoms with Gasteiger partial charge in [-0.3, -0.25) is 9.59 Å². The summed E-state index contributed by atoms with van der Waals surface area (Å²) >= 11 is 0. The van der Waals surface area contributed by atoms with E-state index in [4.69, 9.17) is 9.15 Å². The van der Waals surface area contributed by atoms with Crippen LogP contribution in [0.25, 0.3) is 0 Å².